The van der Waals surface area contributed by atoms with E-state index in [1.807, 2.05) is 0 Å². The molecule has 1 atom stereocenters. The molecule has 1 unspecified atom stereocenters. The minimum Gasteiger partial charge on any atom is -0.329 e. The van der Waals surface area contributed by atoms with Crippen LogP contribution >= 0.6 is 0 Å². The highest BCUT2D eigenvalue weighted by Gasteiger charge is 2.27. The second kappa shape index (κ2) is 7.11. The molecule has 1 aromatic rings. The average Bonchev–Trinajstić information content (AvgIpc) is 2.45. The Morgan fingerprint density at radius 2 is 1.75 bits per heavy atom. The predicted molar refractivity (Wildman–Crippen MR) is 76.5 cm³/mol. The topological polar surface area (TPSA) is 32.5 Å². The van der Waals surface area contributed by atoms with Crippen molar-refractivity contribution in [3.05, 3.63) is 35.4 Å². The molecule has 1 aliphatic rings. The molecule has 0 aliphatic carbocycles. The van der Waals surface area contributed by atoms with E-state index in [1.165, 1.54) is 18.2 Å². The summed E-state index contributed by atoms with van der Waals surface area (Å²) in [6, 6.07) is 3.61. The van der Waals surface area contributed by atoms with Gasteiger partial charge in [-0.3, -0.25) is 4.90 Å². The van der Waals surface area contributed by atoms with Crippen molar-refractivity contribution in [2.75, 3.05) is 39.3 Å². The quantitative estimate of drug-likeness (QED) is 0.897. The zero-order valence-electron chi connectivity index (χ0n) is 12.0. The summed E-state index contributed by atoms with van der Waals surface area (Å²) >= 11 is 0. The van der Waals surface area contributed by atoms with Gasteiger partial charge in [0, 0.05) is 38.3 Å². The predicted octanol–water partition coefficient (Wildman–Crippen LogP) is 1.99. The van der Waals surface area contributed by atoms with Gasteiger partial charge in [0.1, 0.15) is 11.6 Å². The maximum atomic E-state index is 13.9. The van der Waals surface area contributed by atoms with Gasteiger partial charge in [0.05, 0.1) is 6.04 Å². The van der Waals surface area contributed by atoms with Crippen LogP contribution in [0.5, 0.6) is 0 Å². The monoisotopic (exact) mass is 283 g/mol. The van der Waals surface area contributed by atoms with E-state index in [0.717, 1.165) is 39.1 Å². The van der Waals surface area contributed by atoms with Crippen LogP contribution in [0.2, 0.25) is 0 Å². The third kappa shape index (κ3) is 3.34. The summed E-state index contributed by atoms with van der Waals surface area (Å²) in [5.41, 5.74) is 5.89. The first kappa shape index (κ1) is 15.4. The Kier molecular flexibility index (Phi) is 5.46. The number of hydrogen-bond acceptors (Lipinski definition) is 3. The zero-order valence-corrected chi connectivity index (χ0v) is 12.0. The van der Waals surface area contributed by atoms with Gasteiger partial charge in [-0.05, 0) is 25.1 Å². The van der Waals surface area contributed by atoms with Crippen molar-refractivity contribution in [3.63, 3.8) is 0 Å². The van der Waals surface area contributed by atoms with Gasteiger partial charge in [0.15, 0.2) is 0 Å². The summed E-state index contributed by atoms with van der Waals surface area (Å²) in [6.07, 6.45) is 1.13. The molecule has 0 spiro atoms. The molecule has 2 N–H and O–H groups in total. The fourth-order valence-corrected chi connectivity index (χ4v) is 2.89. The first-order valence-corrected chi connectivity index (χ1v) is 7.27. The second-order valence-corrected chi connectivity index (χ2v) is 5.26. The van der Waals surface area contributed by atoms with Crippen molar-refractivity contribution in [1.29, 1.82) is 0 Å². The second-order valence-electron chi connectivity index (χ2n) is 5.26. The standard InChI is InChI=1S/C15H23F2N3/c1-2-6-19-7-9-20(10-8-19)14(11-18)15-12(16)4-3-5-13(15)17/h3-5,14H,2,6-11,18H2,1H3. The van der Waals surface area contributed by atoms with Crippen LogP contribution in [0.3, 0.4) is 0 Å². The fourth-order valence-electron chi connectivity index (χ4n) is 2.89. The van der Waals surface area contributed by atoms with E-state index in [-0.39, 0.29) is 18.2 Å². The number of halogens is 2. The molecular formula is C15H23F2N3. The molecule has 5 heteroatoms. The lowest BCUT2D eigenvalue weighted by atomic mass is 10.0. The van der Waals surface area contributed by atoms with Gasteiger partial charge in [-0.25, -0.2) is 8.78 Å². The van der Waals surface area contributed by atoms with Gasteiger partial charge in [0.25, 0.3) is 0 Å². The van der Waals surface area contributed by atoms with Crippen LogP contribution in [0.1, 0.15) is 24.9 Å². The number of nitrogens with zero attached hydrogens (tertiary/aromatic N) is 2. The number of nitrogens with two attached hydrogens (primary N) is 1. The Balaban J connectivity index is 2.10. The summed E-state index contributed by atoms with van der Waals surface area (Å²) in [5.74, 6) is -1.01. The van der Waals surface area contributed by atoms with E-state index in [0.29, 0.717) is 0 Å². The maximum absolute atomic E-state index is 13.9. The Bertz CT molecular complexity index is 411. The Labute approximate surface area is 119 Å². The fraction of sp³-hybridized carbons (Fsp3) is 0.600. The van der Waals surface area contributed by atoms with Crippen molar-refractivity contribution in [2.45, 2.75) is 19.4 Å². The van der Waals surface area contributed by atoms with Crippen molar-refractivity contribution in [1.82, 2.24) is 9.80 Å². The van der Waals surface area contributed by atoms with E-state index in [9.17, 15) is 8.78 Å². The lowest BCUT2D eigenvalue weighted by Crippen LogP contribution is -2.49. The molecule has 1 aromatic carbocycles. The summed E-state index contributed by atoms with van der Waals surface area (Å²) in [7, 11) is 0. The molecule has 112 valence electrons. The molecular weight excluding hydrogens is 260 g/mol. The molecule has 0 aromatic heterocycles. The molecule has 1 fully saturated rings. The number of benzene rings is 1. The molecule has 1 saturated heterocycles. The number of hydrogen-bond donors (Lipinski definition) is 1. The van der Waals surface area contributed by atoms with Gasteiger partial charge in [-0.1, -0.05) is 13.0 Å². The third-order valence-corrected chi connectivity index (χ3v) is 3.94. The van der Waals surface area contributed by atoms with Crippen molar-refractivity contribution >= 4 is 0 Å². The molecule has 3 nitrogen and oxygen atoms in total. The lowest BCUT2D eigenvalue weighted by Gasteiger charge is -2.39. The minimum atomic E-state index is -0.503. The summed E-state index contributed by atoms with van der Waals surface area (Å²) in [6.45, 7) is 6.93. The Morgan fingerprint density at radius 1 is 1.15 bits per heavy atom. The summed E-state index contributed by atoms with van der Waals surface area (Å²) in [5, 5.41) is 0. The molecule has 0 bridgehead atoms. The molecule has 1 aliphatic heterocycles. The highest BCUT2D eigenvalue weighted by atomic mass is 19.1. The van der Waals surface area contributed by atoms with Crippen LogP contribution in [0.4, 0.5) is 8.78 Å². The molecule has 2 rings (SSSR count). The van der Waals surface area contributed by atoms with Crippen molar-refractivity contribution in [2.24, 2.45) is 5.73 Å². The van der Waals surface area contributed by atoms with Gasteiger partial charge in [-0.15, -0.1) is 0 Å². The zero-order chi connectivity index (χ0) is 14.5. The maximum Gasteiger partial charge on any atom is 0.130 e. The average molecular weight is 283 g/mol. The summed E-state index contributed by atoms with van der Waals surface area (Å²) in [4.78, 5) is 4.47. The lowest BCUT2D eigenvalue weighted by molar-refractivity contribution is 0.0955. The van der Waals surface area contributed by atoms with Crippen molar-refractivity contribution < 1.29 is 8.78 Å². The van der Waals surface area contributed by atoms with Crippen LogP contribution in [0.15, 0.2) is 18.2 Å². The SMILES string of the molecule is CCCN1CCN(C(CN)c2c(F)cccc2F)CC1. The minimum absolute atomic E-state index is 0.110. The van der Waals surface area contributed by atoms with Gasteiger partial charge >= 0.3 is 0 Å². The highest BCUT2D eigenvalue weighted by Crippen LogP contribution is 2.26. The van der Waals surface area contributed by atoms with E-state index in [2.05, 4.69) is 16.7 Å². The molecule has 0 radical (unpaired) electrons. The van der Waals surface area contributed by atoms with Gasteiger partial charge < -0.3 is 10.6 Å². The normalized spacial score (nSPS) is 19.2. The first-order chi connectivity index (χ1) is 9.67. The van der Waals surface area contributed by atoms with Crippen molar-refractivity contribution in [3.8, 4) is 0 Å². The molecule has 20 heavy (non-hydrogen) atoms. The van der Waals surface area contributed by atoms with Gasteiger partial charge in [-0.2, -0.15) is 0 Å². The van der Waals surface area contributed by atoms with E-state index in [4.69, 9.17) is 5.73 Å². The first-order valence-electron chi connectivity index (χ1n) is 7.27. The number of rotatable bonds is 5. The molecule has 0 saturated carbocycles. The van der Waals surface area contributed by atoms with Crippen LogP contribution in [-0.4, -0.2) is 49.1 Å². The Morgan fingerprint density at radius 3 is 2.25 bits per heavy atom. The smallest absolute Gasteiger partial charge is 0.130 e. The highest BCUT2D eigenvalue weighted by molar-refractivity contribution is 5.24. The van der Waals surface area contributed by atoms with E-state index < -0.39 is 11.6 Å². The largest absolute Gasteiger partial charge is 0.329 e. The van der Waals surface area contributed by atoms with E-state index >= 15 is 0 Å². The van der Waals surface area contributed by atoms with Crippen LogP contribution in [-0.2, 0) is 0 Å². The van der Waals surface area contributed by atoms with Crippen LogP contribution in [0.25, 0.3) is 0 Å². The number of piperazine rings is 1. The van der Waals surface area contributed by atoms with Crippen LogP contribution < -0.4 is 5.73 Å². The summed E-state index contributed by atoms with van der Waals surface area (Å²) < 4.78 is 27.8. The van der Waals surface area contributed by atoms with Gasteiger partial charge in [0.2, 0.25) is 0 Å². The Hall–Kier alpha value is -1.04. The third-order valence-electron chi connectivity index (χ3n) is 3.94. The van der Waals surface area contributed by atoms with E-state index in [1.54, 1.807) is 0 Å². The van der Waals surface area contributed by atoms with Crippen LogP contribution in [0, 0.1) is 11.6 Å². The molecule has 0 amide bonds. The molecule has 1 heterocycles.